The molecular weight excluding hydrogens is 427 g/mol. The van der Waals surface area contributed by atoms with E-state index < -0.39 is 26.7 Å². The molecule has 31 heavy (non-hydrogen) atoms. The standard InChI is InChI=1S/C23H20F3NO3S/c1-15-6-7-17(12-16(15)2)18-8-9-22-21(13-18)27(10-11-30-22)31(28,29)20-5-3-4-19(14-20)23(24,25)26/h3-9,12-14H,10-11H2,1-2H3. The molecule has 0 atom stereocenters. The van der Waals surface area contributed by atoms with Crippen LogP contribution in [0.1, 0.15) is 16.7 Å². The SMILES string of the molecule is Cc1ccc(-c2ccc3c(c2)N(S(=O)(=O)c2cccc(C(F)(F)F)c2)CCO3)cc1C. The van der Waals surface area contributed by atoms with E-state index in [1.165, 1.54) is 6.07 Å². The van der Waals surface area contributed by atoms with E-state index in [-0.39, 0.29) is 13.2 Å². The van der Waals surface area contributed by atoms with Crippen molar-refractivity contribution < 1.29 is 26.3 Å². The van der Waals surface area contributed by atoms with Crippen molar-refractivity contribution in [2.75, 3.05) is 17.5 Å². The summed E-state index contributed by atoms with van der Waals surface area (Å²) in [5, 5.41) is 0. The number of benzene rings is 3. The molecule has 3 aromatic carbocycles. The Morgan fingerprint density at radius 2 is 1.61 bits per heavy atom. The summed E-state index contributed by atoms with van der Waals surface area (Å²) in [7, 11) is -4.22. The predicted octanol–water partition coefficient (Wildman–Crippen LogP) is 5.58. The molecule has 1 heterocycles. The minimum atomic E-state index is -4.63. The van der Waals surface area contributed by atoms with Gasteiger partial charge in [0.15, 0.2) is 0 Å². The molecule has 0 unspecified atom stereocenters. The van der Waals surface area contributed by atoms with Crippen molar-refractivity contribution >= 4 is 15.7 Å². The van der Waals surface area contributed by atoms with Gasteiger partial charge in [0, 0.05) is 0 Å². The van der Waals surface area contributed by atoms with E-state index in [9.17, 15) is 21.6 Å². The van der Waals surface area contributed by atoms with Gasteiger partial charge in [0.2, 0.25) is 0 Å². The lowest BCUT2D eigenvalue weighted by Gasteiger charge is -2.31. The zero-order chi connectivity index (χ0) is 22.4. The van der Waals surface area contributed by atoms with E-state index in [2.05, 4.69) is 0 Å². The Bertz CT molecular complexity index is 1250. The molecule has 8 heteroatoms. The zero-order valence-electron chi connectivity index (χ0n) is 16.9. The third kappa shape index (κ3) is 3.99. The van der Waals surface area contributed by atoms with Crippen LogP contribution < -0.4 is 9.04 Å². The molecule has 0 fully saturated rings. The van der Waals surface area contributed by atoms with Crippen LogP contribution in [0.15, 0.2) is 65.6 Å². The monoisotopic (exact) mass is 447 g/mol. The van der Waals surface area contributed by atoms with E-state index in [4.69, 9.17) is 4.74 Å². The predicted molar refractivity (Wildman–Crippen MR) is 113 cm³/mol. The maximum absolute atomic E-state index is 13.3. The third-order valence-electron chi connectivity index (χ3n) is 5.37. The van der Waals surface area contributed by atoms with Crippen molar-refractivity contribution in [3.8, 4) is 16.9 Å². The highest BCUT2D eigenvalue weighted by Gasteiger charge is 2.34. The molecule has 0 radical (unpaired) electrons. The van der Waals surface area contributed by atoms with Crippen molar-refractivity contribution in [1.29, 1.82) is 0 Å². The number of fused-ring (bicyclic) bond motifs is 1. The van der Waals surface area contributed by atoms with Gasteiger partial charge in [-0.15, -0.1) is 0 Å². The Labute approximate surface area is 178 Å². The number of halogens is 3. The first-order chi connectivity index (χ1) is 14.6. The molecule has 0 amide bonds. The lowest BCUT2D eigenvalue weighted by Crippen LogP contribution is -2.38. The number of ether oxygens (including phenoxy) is 1. The van der Waals surface area contributed by atoms with E-state index in [1.807, 2.05) is 38.1 Å². The largest absolute Gasteiger partial charge is 0.489 e. The number of rotatable bonds is 3. The first kappa shape index (κ1) is 21.2. The molecule has 0 saturated heterocycles. The van der Waals surface area contributed by atoms with Gasteiger partial charge in [0.25, 0.3) is 10.0 Å². The van der Waals surface area contributed by atoms with Crippen LogP contribution in [0.4, 0.5) is 18.9 Å². The van der Waals surface area contributed by atoms with Gasteiger partial charge < -0.3 is 4.74 Å². The maximum atomic E-state index is 13.3. The Kier molecular flexibility index (Phi) is 5.21. The van der Waals surface area contributed by atoms with Crippen LogP contribution in [-0.4, -0.2) is 21.6 Å². The molecule has 162 valence electrons. The van der Waals surface area contributed by atoms with Crippen LogP contribution in [0.5, 0.6) is 5.75 Å². The fraction of sp³-hybridized carbons (Fsp3) is 0.217. The van der Waals surface area contributed by atoms with Crippen LogP contribution in [0.2, 0.25) is 0 Å². The molecule has 1 aliphatic heterocycles. The molecular formula is C23H20F3NO3S. The molecule has 4 nitrogen and oxygen atoms in total. The van der Waals surface area contributed by atoms with Crippen molar-refractivity contribution in [2.24, 2.45) is 0 Å². The summed E-state index contributed by atoms with van der Waals surface area (Å²) in [6, 6.07) is 14.9. The topological polar surface area (TPSA) is 46.6 Å². The second kappa shape index (κ2) is 7.60. The summed E-state index contributed by atoms with van der Waals surface area (Å²) in [6.07, 6.45) is -4.63. The van der Waals surface area contributed by atoms with E-state index in [0.717, 1.165) is 38.7 Å². The zero-order valence-corrected chi connectivity index (χ0v) is 17.7. The Hall–Kier alpha value is -3.00. The van der Waals surface area contributed by atoms with Gasteiger partial charge in [0.1, 0.15) is 12.4 Å². The van der Waals surface area contributed by atoms with Crippen LogP contribution >= 0.6 is 0 Å². The summed E-state index contributed by atoms with van der Waals surface area (Å²) in [4.78, 5) is -0.410. The van der Waals surface area contributed by atoms with Crippen molar-refractivity contribution in [3.63, 3.8) is 0 Å². The van der Waals surface area contributed by atoms with Crippen molar-refractivity contribution in [2.45, 2.75) is 24.9 Å². The number of hydrogen-bond donors (Lipinski definition) is 0. The van der Waals surface area contributed by atoms with Crippen LogP contribution in [-0.2, 0) is 16.2 Å². The lowest BCUT2D eigenvalue weighted by atomic mass is 10.00. The number of hydrogen-bond acceptors (Lipinski definition) is 3. The average molecular weight is 447 g/mol. The highest BCUT2D eigenvalue weighted by atomic mass is 32.2. The number of sulfonamides is 1. The summed E-state index contributed by atoms with van der Waals surface area (Å²) < 4.78 is 72.6. The van der Waals surface area contributed by atoms with Crippen molar-refractivity contribution in [1.82, 2.24) is 0 Å². The average Bonchev–Trinajstić information content (AvgIpc) is 2.74. The quantitative estimate of drug-likeness (QED) is 0.527. The van der Waals surface area contributed by atoms with E-state index >= 15 is 0 Å². The highest BCUT2D eigenvalue weighted by Crippen LogP contribution is 2.39. The molecule has 0 aliphatic carbocycles. The van der Waals surface area contributed by atoms with Gasteiger partial charge in [-0.3, -0.25) is 4.31 Å². The van der Waals surface area contributed by atoms with Gasteiger partial charge in [-0.2, -0.15) is 13.2 Å². The Morgan fingerprint density at radius 3 is 2.32 bits per heavy atom. The van der Waals surface area contributed by atoms with E-state index in [1.54, 1.807) is 12.1 Å². The third-order valence-corrected chi connectivity index (χ3v) is 7.18. The summed E-state index contributed by atoms with van der Waals surface area (Å²) in [5.74, 6) is 0.370. The lowest BCUT2D eigenvalue weighted by molar-refractivity contribution is -0.137. The van der Waals surface area contributed by atoms with Gasteiger partial charge >= 0.3 is 6.18 Å². The van der Waals surface area contributed by atoms with Crippen molar-refractivity contribution in [3.05, 3.63) is 77.4 Å². The maximum Gasteiger partial charge on any atom is 0.416 e. The summed E-state index contributed by atoms with van der Waals surface area (Å²) in [6.45, 7) is 4.10. The number of alkyl halides is 3. The van der Waals surface area contributed by atoms with Gasteiger partial charge in [-0.05, 0) is 66.4 Å². The number of aryl methyl sites for hydroxylation is 2. The van der Waals surface area contributed by atoms with Gasteiger partial charge in [-0.1, -0.05) is 30.3 Å². The Balaban J connectivity index is 1.79. The first-order valence-electron chi connectivity index (χ1n) is 9.62. The molecule has 4 rings (SSSR count). The Morgan fingerprint density at radius 1 is 0.903 bits per heavy atom. The molecule has 0 aromatic heterocycles. The molecule has 0 bridgehead atoms. The molecule has 0 spiro atoms. The second-order valence-electron chi connectivity index (χ2n) is 7.43. The molecule has 0 N–H and O–H groups in total. The molecule has 0 saturated carbocycles. The van der Waals surface area contributed by atoms with Gasteiger partial charge in [-0.25, -0.2) is 8.42 Å². The highest BCUT2D eigenvalue weighted by molar-refractivity contribution is 7.92. The van der Waals surface area contributed by atoms with Crippen LogP contribution in [0.25, 0.3) is 11.1 Å². The summed E-state index contributed by atoms with van der Waals surface area (Å²) in [5.41, 5.74) is 3.23. The minimum absolute atomic E-state index is 0.00194. The minimum Gasteiger partial charge on any atom is -0.489 e. The number of anilines is 1. The molecule has 1 aliphatic rings. The second-order valence-corrected chi connectivity index (χ2v) is 9.30. The number of nitrogens with zero attached hydrogens (tertiary/aromatic N) is 1. The first-order valence-corrected chi connectivity index (χ1v) is 11.1. The molecule has 3 aromatic rings. The van der Waals surface area contributed by atoms with Crippen LogP contribution in [0.3, 0.4) is 0 Å². The van der Waals surface area contributed by atoms with Gasteiger partial charge in [0.05, 0.1) is 22.7 Å². The van der Waals surface area contributed by atoms with E-state index in [0.29, 0.717) is 17.5 Å². The fourth-order valence-corrected chi connectivity index (χ4v) is 5.00. The van der Waals surface area contributed by atoms with Crippen LogP contribution in [0, 0.1) is 13.8 Å². The fourth-order valence-electron chi connectivity index (χ4n) is 3.50. The summed E-state index contributed by atoms with van der Waals surface area (Å²) >= 11 is 0. The normalized spacial score (nSPS) is 14.2. The smallest absolute Gasteiger partial charge is 0.416 e.